The maximum absolute atomic E-state index is 15.7. The van der Waals surface area contributed by atoms with Gasteiger partial charge in [0.15, 0.2) is 0 Å². The zero-order valence-corrected chi connectivity index (χ0v) is 21.0. The van der Waals surface area contributed by atoms with Crippen LogP contribution >= 0.6 is 0 Å². The summed E-state index contributed by atoms with van der Waals surface area (Å²) in [7, 11) is 0. The molecule has 0 radical (unpaired) electrons. The largest absolute Gasteiger partial charge is 0.401 e. The van der Waals surface area contributed by atoms with Crippen LogP contribution in [0.25, 0.3) is 10.9 Å². The van der Waals surface area contributed by atoms with E-state index in [1.54, 1.807) is 19.1 Å². The van der Waals surface area contributed by atoms with Crippen LogP contribution in [0.1, 0.15) is 61.2 Å². The Hall–Kier alpha value is -2.49. The highest BCUT2D eigenvalue weighted by atomic mass is 19.4. The van der Waals surface area contributed by atoms with Gasteiger partial charge in [0, 0.05) is 47.2 Å². The number of unbranched alkanes of at least 4 members (excludes halogenated alkanes) is 1. The molecule has 5 rings (SSSR count). The molecule has 0 unspecified atom stereocenters. The standard InChI is InChI=1S/C28H32F5N3O/c1-3-4-9-35-13-18(14-35)27(37)17-11-21(29)24(22(30)12-17)26-25-20(19-7-5-6-8-23(19)34-25)10-16(2)36(26)15-28(31,32)33/h5-8,11-12,16,18,26-27,34,37H,3-4,9-10,13-15H2,1-2H3/t16-,26-,27-/m1/s1. The number of para-hydroxylation sites is 1. The third-order valence-corrected chi connectivity index (χ3v) is 7.86. The molecule has 2 aliphatic heterocycles. The number of aliphatic hydroxyl groups excluding tert-OH is 1. The van der Waals surface area contributed by atoms with Crippen LogP contribution in [0.3, 0.4) is 0 Å². The molecule has 37 heavy (non-hydrogen) atoms. The van der Waals surface area contributed by atoms with Gasteiger partial charge < -0.3 is 15.0 Å². The second-order valence-corrected chi connectivity index (χ2v) is 10.5. The van der Waals surface area contributed by atoms with E-state index >= 15 is 8.78 Å². The fraction of sp³-hybridized carbons (Fsp3) is 0.500. The molecule has 4 nitrogen and oxygen atoms in total. The maximum atomic E-state index is 15.7. The van der Waals surface area contributed by atoms with Crippen molar-refractivity contribution in [3.8, 4) is 0 Å². The zero-order valence-electron chi connectivity index (χ0n) is 21.0. The van der Waals surface area contributed by atoms with Gasteiger partial charge in [0.2, 0.25) is 0 Å². The number of aromatic nitrogens is 1. The highest BCUT2D eigenvalue weighted by molar-refractivity contribution is 5.85. The van der Waals surface area contributed by atoms with Gasteiger partial charge in [-0.2, -0.15) is 13.2 Å². The smallest absolute Gasteiger partial charge is 0.388 e. The van der Waals surface area contributed by atoms with Gasteiger partial charge in [0.05, 0.1) is 18.7 Å². The Morgan fingerprint density at radius 3 is 2.43 bits per heavy atom. The van der Waals surface area contributed by atoms with Crippen LogP contribution in [0.5, 0.6) is 0 Å². The molecule has 0 amide bonds. The van der Waals surface area contributed by atoms with Crippen LogP contribution in [0.2, 0.25) is 0 Å². The lowest BCUT2D eigenvalue weighted by molar-refractivity contribution is -0.155. The molecule has 9 heteroatoms. The topological polar surface area (TPSA) is 42.5 Å². The fourth-order valence-corrected chi connectivity index (χ4v) is 5.95. The first kappa shape index (κ1) is 26.1. The Labute approximate surface area is 213 Å². The van der Waals surface area contributed by atoms with Crippen LogP contribution in [0, 0.1) is 17.6 Å². The summed E-state index contributed by atoms with van der Waals surface area (Å²) in [4.78, 5) is 6.46. The molecular formula is C28H32F5N3O. The summed E-state index contributed by atoms with van der Waals surface area (Å²) < 4.78 is 72.2. The third-order valence-electron chi connectivity index (χ3n) is 7.86. The molecule has 0 bridgehead atoms. The van der Waals surface area contributed by atoms with E-state index in [2.05, 4.69) is 16.8 Å². The van der Waals surface area contributed by atoms with Crippen LogP contribution in [-0.4, -0.2) is 58.3 Å². The number of hydrogen-bond donors (Lipinski definition) is 2. The van der Waals surface area contributed by atoms with Crippen LogP contribution in [0.4, 0.5) is 22.0 Å². The van der Waals surface area contributed by atoms with Gasteiger partial charge in [-0.3, -0.25) is 4.90 Å². The highest BCUT2D eigenvalue weighted by Crippen LogP contribution is 2.44. The predicted octanol–water partition coefficient (Wildman–Crippen LogP) is 6.11. The Morgan fingerprint density at radius 2 is 1.78 bits per heavy atom. The van der Waals surface area contributed by atoms with Crippen molar-refractivity contribution in [2.45, 2.75) is 57.5 Å². The summed E-state index contributed by atoms with van der Waals surface area (Å²) in [6.07, 6.45) is -3.17. The molecule has 1 saturated heterocycles. The van der Waals surface area contributed by atoms with E-state index in [0.29, 0.717) is 30.7 Å². The molecule has 0 spiro atoms. The number of H-pyrrole nitrogens is 1. The number of alkyl halides is 3. The normalized spacial score (nSPS) is 22.3. The maximum Gasteiger partial charge on any atom is 0.401 e. The van der Waals surface area contributed by atoms with Crippen molar-refractivity contribution in [2.75, 3.05) is 26.2 Å². The molecule has 1 aromatic heterocycles. The third kappa shape index (κ3) is 5.01. The highest BCUT2D eigenvalue weighted by Gasteiger charge is 2.44. The molecule has 3 heterocycles. The second-order valence-electron chi connectivity index (χ2n) is 10.5. The van der Waals surface area contributed by atoms with E-state index in [9.17, 15) is 18.3 Å². The molecule has 0 aliphatic carbocycles. The Bertz CT molecular complexity index is 1240. The monoisotopic (exact) mass is 521 g/mol. The van der Waals surface area contributed by atoms with E-state index in [4.69, 9.17) is 0 Å². The first-order valence-corrected chi connectivity index (χ1v) is 12.9. The number of nitrogens with zero attached hydrogens (tertiary/aromatic N) is 2. The Kier molecular flexibility index (Phi) is 7.06. The van der Waals surface area contributed by atoms with Gasteiger partial charge >= 0.3 is 6.18 Å². The van der Waals surface area contributed by atoms with Crippen molar-refractivity contribution in [1.82, 2.24) is 14.8 Å². The van der Waals surface area contributed by atoms with E-state index in [1.165, 1.54) is 0 Å². The van der Waals surface area contributed by atoms with Gasteiger partial charge in [-0.25, -0.2) is 8.78 Å². The van der Waals surface area contributed by atoms with Crippen molar-refractivity contribution in [3.63, 3.8) is 0 Å². The number of benzene rings is 2. The minimum atomic E-state index is -4.55. The van der Waals surface area contributed by atoms with Gasteiger partial charge in [0.25, 0.3) is 0 Å². The van der Waals surface area contributed by atoms with Crippen molar-refractivity contribution in [2.24, 2.45) is 5.92 Å². The number of rotatable bonds is 7. The summed E-state index contributed by atoms with van der Waals surface area (Å²) in [5.74, 6) is -2.04. The van der Waals surface area contributed by atoms with Gasteiger partial charge in [-0.15, -0.1) is 0 Å². The molecular weight excluding hydrogens is 489 g/mol. The summed E-state index contributed by atoms with van der Waals surface area (Å²) in [5, 5.41) is 11.6. The van der Waals surface area contributed by atoms with E-state index in [0.717, 1.165) is 47.4 Å². The number of aromatic amines is 1. The van der Waals surface area contributed by atoms with Crippen LogP contribution < -0.4 is 0 Å². The van der Waals surface area contributed by atoms with Gasteiger partial charge in [-0.1, -0.05) is 31.5 Å². The summed E-state index contributed by atoms with van der Waals surface area (Å²) in [5.41, 5.74) is 1.54. The minimum absolute atomic E-state index is 0.113. The second kappa shape index (κ2) is 10.0. The quantitative estimate of drug-likeness (QED) is 0.369. The molecule has 200 valence electrons. The predicted molar refractivity (Wildman–Crippen MR) is 132 cm³/mol. The average molecular weight is 522 g/mol. The lowest BCUT2D eigenvalue weighted by atomic mass is 9.85. The zero-order chi connectivity index (χ0) is 26.5. The van der Waals surface area contributed by atoms with Crippen LogP contribution in [-0.2, 0) is 6.42 Å². The molecule has 3 atom stereocenters. The first-order chi connectivity index (χ1) is 17.6. The van der Waals surface area contributed by atoms with Crippen LogP contribution in [0.15, 0.2) is 36.4 Å². The number of likely N-dealkylation sites (tertiary alicyclic amines) is 1. The lowest BCUT2D eigenvalue weighted by Gasteiger charge is -2.42. The molecule has 2 aromatic carbocycles. The molecule has 2 aliphatic rings. The van der Waals surface area contributed by atoms with E-state index < -0.39 is 48.1 Å². The average Bonchev–Trinajstić information content (AvgIpc) is 3.16. The number of fused-ring (bicyclic) bond motifs is 3. The molecule has 2 N–H and O–H groups in total. The van der Waals surface area contributed by atoms with Crippen molar-refractivity contribution in [3.05, 3.63) is 70.4 Å². The number of hydrogen-bond acceptors (Lipinski definition) is 3. The van der Waals surface area contributed by atoms with Crippen molar-refractivity contribution < 1.29 is 27.1 Å². The number of halogens is 5. The fourth-order valence-electron chi connectivity index (χ4n) is 5.95. The minimum Gasteiger partial charge on any atom is -0.388 e. The van der Waals surface area contributed by atoms with E-state index in [1.807, 2.05) is 12.1 Å². The Balaban J connectivity index is 1.52. The lowest BCUT2D eigenvalue weighted by Crippen LogP contribution is -2.49. The molecule has 3 aromatic rings. The van der Waals surface area contributed by atoms with Crippen molar-refractivity contribution >= 4 is 10.9 Å². The SMILES string of the molecule is CCCCN1CC([C@H](O)c2cc(F)c([C@@H]3c4[nH]c5ccccc5c4C[C@@H](C)N3CC(F)(F)F)c(F)c2)C1. The molecule has 1 fully saturated rings. The summed E-state index contributed by atoms with van der Waals surface area (Å²) in [6, 6.07) is 7.59. The summed E-state index contributed by atoms with van der Waals surface area (Å²) >= 11 is 0. The van der Waals surface area contributed by atoms with Gasteiger partial charge in [0.1, 0.15) is 11.6 Å². The number of aliphatic hydroxyl groups is 1. The summed E-state index contributed by atoms with van der Waals surface area (Å²) in [6.45, 7) is 4.66. The van der Waals surface area contributed by atoms with E-state index in [-0.39, 0.29) is 11.5 Å². The van der Waals surface area contributed by atoms with Crippen molar-refractivity contribution in [1.29, 1.82) is 0 Å². The first-order valence-electron chi connectivity index (χ1n) is 12.9. The van der Waals surface area contributed by atoms with Gasteiger partial charge in [-0.05, 0) is 55.6 Å². The Morgan fingerprint density at radius 1 is 1.11 bits per heavy atom. The number of nitrogens with one attached hydrogen (secondary N) is 1. The molecule has 0 saturated carbocycles.